The van der Waals surface area contributed by atoms with Crippen molar-refractivity contribution in [2.24, 2.45) is 5.41 Å². The molecule has 0 aromatic heterocycles. The normalized spacial score (nSPS) is 20.1. The van der Waals surface area contributed by atoms with Crippen molar-refractivity contribution in [2.75, 3.05) is 38.7 Å². The van der Waals surface area contributed by atoms with Gasteiger partial charge in [-0.2, -0.15) is 11.8 Å². The second kappa shape index (κ2) is 6.87. The fourth-order valence-electron chi connectivity index (χ4n) is 1.95. The lowest BCUT2D eigenvalue weighted by Crippen LogP contribution is -2.41. The molecule has 1 unspecified atom stereocenters. The first kappa shape index (κ1) is 14.3. The molecule has 0 aromatic rings. The maximum absolute atomic E-state index is 3.68. The Morgan fingerprint density at radius 3 is 2.62 bits per heavy atom. The van der Waals surface area contributed by atoms with Gasteiger partial charge in [-0.15, -0.1) is 0 Å². The molecule has 1 fully saturated rings. The van der Waals surface area contributed by atoms with E-state index in [1.54, 1.807) is 0 Å². The van der Waals surface area contributed by atoms with E-state index in [9.17, 15) is 0 Å². The number of nitrogens with zero attached hydrogens (tertiary/aromatic N) is 1. The van der Waals surface area contributed by atoms with E-state index in [4.69, 9.17) is 0 Å². The second-order valence-corrected chi connectivity index (χ2v) is 6.54. The van der Waals surface area contributed by atoms with E-state index in [0.717, 1.165) is 6.04 Å². The van der Waals surface area contributed by atoms with E-state index in [-0.39, 0.29) is 0 Å². The van der Waals surface area contributed by atoms with Crippen LogP contribution in [-0.2, 0) is 0 Å². The molecule has 1 saturated carbocycles. The largest absolute Gasteiger partial charge is 0.313 e. The first-order valence-corrected chi connectivity index (χ1v) is 7.90. The quantitative estimate of drug-likeness (QED) is 0.671. The zero-order valence-electron chi connectivity index (χ0n) is 11.4. The minimum atomic E-state index is 0.440. The smallest absolute Gasteiger partial charge is 0.00694 e. The maximum Gasteiger partial charge on any atom is 0.00694 e. The third-order valence-corrected chi connectivity index (χ3v) is 4.17. The molecule has 0 radical (unpaired) electrons. The van der Waals surface area contributed by atoms with Crippen LogP contribution in [0.3, 0.4) is 0 Å². The lowest BCUT2D eigenvalue weighted by molar-refractivity contribution is 0.186. The fraction of sp³-hybridized carbons (Fsp3) is 1.00. The van der Waals surface area contributed by atoms with Gasteiger partial charge in [-0.05, 0) is 38.0 Å². The summed E-state index contributed by atoms with van der Waals surface area (Å²) >= 11 is 1.93. The summed E-state index contributed by atoms with van der Waals surface area (Å²) in [6.07, 6.45) is 6.22. The fourth-order valence-corrected chi connectivity index (χ4v) is 2.44. The van der Waals surface area contributed by atoms with E-state index < -0.39 is 0 Å². The molecule has 1 rings (SSSR count). The van der Waals surface area contributed by atoms with Crippen molar-refractivity contribution in [3.8, 4) is 0 Å². The van der Waals surface area contributed by atoms with Crippen molar-refractivity contribution in [1.82, 2.24) is 10.2 Å². The molecule has 0 heterocycles. The zero-order valence-corrected chi connectivity index (χ0v) is 12.2. The molecule has 1 N–H and O–H groups in total. The number of hydrogen-bond acceptors (Lipinski definition) is 3. The Morgan fingerprint density at radius 2 is 2.12 bits per heavy atom. The molecular weight excluding hydrogens is 216 g/mol. The molecule has 96 valence electrons. The second-order valence-electron chi connectivity index (χ2n) is 5.55. The molecule has 1 atom stereocenters. The van der Waals surface area contributed by atoms with Gasteiger partial charge in [-0.1, -0.05) is 13.8 Å². The van der Waals surface area contributed by atoms with Crippen LogP contribution in [0.25, 0.3) is 0 Å². The molecule has 0 amide bonds. The van der Waals surface area contributed by atoms with E-state index in [2.05, 4.69) is 37.4 Å². The van der Waals surface area contributed by atoms with Crippen molar-refractivity contribution in [2.45, 2.75) is 39.2 Å². The van der Waals surface area contributed by atoms with Crippen LogP contribution in [0, 0.1) is 5.41 Å². The van der Waals surface area contributed by atoms with Gasteiger partial charge in [0.2, 0.25) is 0 Å². The number of nitrogens with one attached hydrogen (secondary N) is 1. The van der Waals surface area contributed by atoms with E-state index in [1.807, 2.05) is 11.8 Å². The van der Waals surface area contributed by atoms with Gasteiger partial charge in [0.05, 0.1) is 0 Å². The molecule has 3 heteroatoms. The van der Waals surface area contributed by atoms with Crippen molar-refractivity contribution in [3.05, 3.63) is 0 Å². The highest BCUT2D eigenvalue weighted by molar-refractivity contribution is 7.98. The standard InChI is InChI=1S/C13H28N2S/c1-5-13(2,10-14-12-6-7-12)11-15(3)8-9-16-4/h12,14H,5-11H2,1-4H3. The summed E-state index contributed by atoms with van der Waals surface area (Å²) in [6, 6.07) is 0.836. The SMILES string of the molecule is CCC(C)(CNC1CC1)CN(C)CCSC. The first-order valence-electron chi connectivity index (χ1n) is 6.50. The first-order chi connectivity index (χ1) is 7.59. The van der Waals surface area contributed by atoms with E-state index in [1.165, 1.54) is 44.6 Å². The van der Waals surface area contributed by atoms with Crippen molar-refractivity contribution < 1.29 is 0 Å². The Hall–Kier alpha value is 0.270. The predicted molar refractivity (Wildman–Crippen MR) is 75.3 cm³/mol. The Bertz CT molecular complexity index is 194. The Kier molecular flexibility index (Phi) is 6.16. The van der Waals surface area contributed by atoms with E-state index >= 15 is 0 Å². The van der Waals surface area contributed by atoms with E-state index in [0.29, 0.717) is 5.41 Å². The molecule has 0 aliphatic heterocycles. The lowest BCUT2D eigenvalue weighted by Gasteiger charge is -2.33. The number of hydrogen-bond donors (Lipinski definition) is 1. The molecule has 1 aliphatic carbocycles. The highest BCUT2D eigenvalue weighted by atomic mass is 32.2. The summed E-state index contributed by atoms with van der Waals surface area (Å²) in [5, 5.41) is 3.68. The van der Waals surface area contributed by atoms with Crippen LogP contribution in [0.4, 0.5) is 0 Å². The summed E-state index contributed by atoms with van der Waals surface area (Å²) in [5.41, 5.74) is 0.440. The number of rotatable bonds is 9. The lowest BCUT2D eigenvalue weighted by atomic mass is 9.87. The van der Waals surface area contributed by atoms with Crippen molar-refractivity contribution >= 4 is 11.8 Å². The van der Waals surface area contributed by atoms with Crippen molar-refractivity contribution in [3.63, 3.8) is 0 Å². The average molecular weight is 244 g/mol. The van der Waals surface area contributed by atoms with Gasteiger partial charge >= 0.3 is 0 Å². The van der Waals surface area contributed by atoms with Gasteiger partial charge in [-0.3, -0.25) is 0 Å². The minimum Gasteiger partial charge on any atom is -0.313 e. The summed E-state index contributed by atoms with van der Waals surface area (Å²) in [5.74, 6) is 1.24. The minimum absolute atomic E-state index is 0.440. The van der Waals surface area contributed by atoms with Crippen LogP contribution < -0.4 is 5.32 Å². The van der Waals surface area contributed by atoms with Crippen LogP contribution in [0.15, 0.2) is 0 Å². The molecule has 0 aromatic carbocycles. The molecule has 16 heavy (non-hydrogen) atoms. The van der Waals surface area contributed by atoms with Gasteiger partial charge in [0.15, 0.2) is 0 Å². The summed E-state index contributed by atoms with van der Waals surface area (Å²) in [4.78, 5) is 2.48. The van der Waals surface area contributed by atoms with Gasteiger partial charge in [0, 0.05) is 31.4 Å². The molecule has 0 saturated heterocycles. The highest BCUT2D eigenvalue weighted by Gasteiger charge is 2.28. The molecule has 0 bridgehead atoms. The Balaban J connectivity index is 2.25. The molecular formula is C13H28N2S. The Labute approximate surface area is 106 Å². The monoisotopic (exact) mass is 244 g/mol. The van der Waals surface area contributed by atoms with Crippen LogP contribution >= 0.6 is 11.8 Å². The van der Waals surface area contributed by atoms with Gasteiger partial charge in [0.25, 0.3) is 0 Å². The molecule has 2 nitrogen and oxygen atoms in total. The third-order valence-electron chi connectivity index (χ3n) is 3.58. The summed E-state index contributed by atoms with van der Waals surface area (Å²) in [6.45, 7) is 8.33. The topological polar surface area (TPSA) is 15.3 Å². The summed E-state index contributed by atoms with van der Waals surface area (Å²) in [7, 11) is 2.25. The van der Waals surface area contributed by atoms with Gasteiger partial charge < -0.3 is 10.2 Å². The van der Waals surface area contributed by atoms with Crippen LogP contribution in [0.5, 0.6) is 0 Å². The van der Waals surface area contributed by atoms with Gasteiger partial charge in [-0.25, -0.2) is 0 Å². The highest BCUT2D eigenvalue weighted by Crippen LogP contribution is 2.25. The average Bonchev–Trinajstić information content (AvgIpc) is 3.07. The molecule has 1 aliphatic rings. The van der Waals surface area contributed by atoms with Crippen LogP contribution in [0.1, 0.15) is 33.1 Å². The zero-order chi connectivity index (χ0) is 12.0. The molecule has 0 spiro atoms. The van der Waals surface area contributed by atoms with Gasteiger partial charge in [0.1, 0.15) is 0 Å². The predicted octanol–water partition coefficient (Wildman–Crippen LogP) is 2.45. The summed E-state index contributed by atoms with van der Waals surface area (Å²) < 4.78 is 0. The van der Waals surface area contributed by atoms with Crippen molar-refractivity contribution in [1.29, 1.82) is 0 Å². The Morgan fingerprint density at radius 1 is 1.44 bits per heavy atom. The third kappa shape index (κ3) is 5.55. The van der Waals surface area contributed by atoms with Crippen LogP contribution in [0.2, 0.25) is 0 Å². The number of thioether (sulfide) groups is 1. The van der Waals surface area contributed by atoms with Crippen LogP contribution in [-0.4, -0.2) is 49.6 Å². The maximum atomic E-state index is 3.68.